The number of aliphatic carboxylic acids is 1. The highest BCUT2D eigenvalue weighted by Gasteiger charge is 2.21. The lowest BCUT2D eigenvalue weighted by Gasteiger charge is -2.14. The van der Waals surface area contributed by atoms with E-state index >= 15 is 0 Å². The molecule has 0 spiro atoms. The van der Waals surface area contributed by atoms with Gasteiger partial charge in [0.15, 0.2) is 5.96 Å². The fourth-order valence-corrected chi connectivity index (χ4v) is 1.05. The summed E-state index contributed by atoms with van der Waals surface area (Å²) < 4.78 is 0. The van der Waals surface area contributed by atoms with Crippen LogP contribution in [0.15, 0.2) is 4.99 Å². The summed E-state index contributed by atoms with van der Waals surface area (Å²) in [6.45, 7) is 1.55. The first-order valence-electron chi connectivity index (χ1n) is 5.11. The Morgan fingerprint density at radius 1 is 1.41 bits per heavy atom. The van der Waals surface area contributed by atoms with Crippen LogP contribution in [0.3, 0.4) is 0 Å². The molecule has 0 aromatic rings. The summed E-state index contributed by atoms with van der Waals surface area (Å²) in [7, 11) is 0. The summed E-state index contributed by atoms with van der Waals surface area (Å²) in [5.41, 5.74) is 10.2. The third kappa shape index (κ3) is 7.12. The van der Waals surface area contributed by atoms with E-state index in [1.807, 2.05) is 0 Å². The number of aliphatic hydroxyl groups is 1. The van der Waals surface area contributed by atoms with Crippen molar-refractivity contribution in [1.82, 2.24) is 5.32 Å². The Morgan fingerprint density at radius 2 is 2.00 bits per heavy atom. The van der Waals surface area contributed by atoms with Crippen molar-refractivity contribution in [1.29, 1.82) is 0 Å². The number of nitrogens with zero attached hydrogens (tertiary/aromatic N) is 1. The lowest BCUT2D eigenvalue weighted by molar-refractivity contribution is -0.143. The first-order valence-corrected chi connectivity index (χ1v) is 5.11. The number of rotatable bonds is 7. The molecular weight excluding hydrogens is 228 g/mol. The number of nitrogens with two attached hydrogens (primary N) is 2. The lowest BCUT2D eigenvalue weighted by Crippen LogP contribution is -2.44. The number of nitrogens with one attached hydrogen (secondary N) is 1. The highest BCUT2D eigenvalue weighted by molar-refractivity contribution is 5.85. The summed E-state index contributed by atoms with van der Waals surface area (Å²) in [4.78, 5) is 25.6. The molecule has 0 aromatic carbocycles. The topological polar surface area (TPSA) is 151 Å². The van der Waals surface area contributed by atoms with E-state index in [1.54, 1.807) is 0 Å². The van der Waals surface area contributed by atoms with Gasteiger partial charge in [0.05, 0.1) is 0 Å². The first-order chi connectivity index (χ1) is 7.84. The van der Waals surface area contributed by atoms with Gasteiger partial charge >= 0.3 is 5.97 Å². The zero-order valence-corrected chi connectivity index (χ0v) is 9.59. The third-order valence-corrected chi connectivity index (χ3v) is 1.94. The fraction of sp³-hybridized carbons (Fsp3) is 0.667. The van der Waals surface area contributed by atoms with Crippen LogP contribution in [0.5, 0.6) is 0 Å². The van der Waals surface area contributed by atoms with E-state index in [0.29, 0.717) is 6.42 Å². The van der Waals surface area contributed by atoms with E-state index < -0.39 is 24.0 Å². The molecule has 98 valence electrons. The first kappa shape index (κ1) is 15.2. The largest absolute Gasteiger partial charge is 0.480 e. The molecular formula is C9H18N4O4. The number of aliphatic imine (C=N–C) groups is 1. The van der Waals surface area contributed by atoms with Crippen LogP contribution in [0.25, 0.3) is 0 Å². The lowest BCUT2D eigenvalue weighted by atomic mass is 10.1. The third-order valence-electron chi connectivity index (χ3n) is 1.94. The molecule has 17 heavy (non-hydrogen) atoms. The maximum Gasteiger partial charge on any atom is 0.326 e. The number of aliphatic hydroxyl groups excluding tert-OH is 1. The Kier molecular flexibility index (Phi) is 6.64. The molecule has 8 heteroatoms. The van der Waals surface area contributed by atoms with E-state index in [2.05, 4.69) is 10.3 Å². The van der Waals surface area contributed by atoms with Gasteiger partial charge in [0.25, 0.3) is 0 Å². The molecule has 0 unspecified atom stereocenters. The molecule has 0 aromatic heterocycles. The maximum absolute atomic E-state index is 11.1. The van der Waals surface area contributed by atoms with E-state index in [4.69, 9.17) is 21.7 Å². The number of hydrogen-bond acceptors (Lipinski definition) is 4. The molecule has 8 nitrogen and oxygen atoms in total. The van der Waals surface area contributed by atoms with Crippen LogP contribution >= 0.6 is 0 Å². The Morgan fingerprint density at radius 3 is 2.41 bits per heavy atom. The summed E-state index contributed by atoms with van der Waals surface area (Å²) in [6.07, 6.45) is -0.644. The molecule has 0 bridgehead atoms. The molecule has 0 aliphatic heterocycles. The number of hydrogen-bond donors (Lipinski definition) is 5. The smallest absolute Gasteiger partial charge is 0.326 e. The van der Waals surface area contributed by atoms with E-state index in [-0.39, 0.29) is 18.9 Å². The van der Waals surface area contributed by atoms with Gasteiger partial charge in [-0.3, -0.25) is 9.79 Å². The molecule has 1 amide bonds. The normalized spacial score (nSPS) is 13.5. The standard InChI is InChI=1S/C9H18N4O4/c1-5(14)7(15)13-6(8(16)17)3-2-4-12-9(10)11/h5-6,14H,2-4H2,1H3,(H,13,15)(H,16,17)(H4,10,11,12)/t5-,6-/m0/s1. The Labute approximate surface area is 98.7 Å². The molecule has 0 aliphatic carbocycles. The summed E-state index contributed by atoms with van der Waals surface area (Å²) in [5, 5.41) is 20.0. The van der Waals surface area contributed by atoms with Gasteiger partial charge in [-0.15, -0.1) is 0 Å². The minimum absolute atomic E-state index is 0.0649. The number of carboxylic acids is 1. The van der Waals surface area contributed by atoms with Gasteiger partial charge in [-0.25, -0.2) is 4.79 Å². The Balaban J connectivity index is 4.13. The van der Waals surface area contributed by atoms with Crippen LogP contribution in [-0.2, 0) is 9.59 Å². The second-order valence-electron chi connectivity index (χ2n) is 3.52. The van der Waals surface area contributed by atoms with Crippen molar-refractivity contribution < 1.29 is 19.8 Å². The number of amides is 1. The number of guanidine groups is 1. The molecule has 0 aliphatic rings. The molecule has 2 atom stereocenters. The van der Waals surface area contributed by atoms with Crippen LogP contribution in [-0.4, -0.2) is 46.7 Å². The predicted molar refractivity (Wildman–Crippen MR) is 61.2 cm³/mol. The molecule has 0 fully saturated rings. The van der Waals surface area contributed by atoms with E-state index in [1.165, 1.54) is 6.92 Å². The second kappa shape index (κ2) is 7.44. The number of carbonyl (C=O) groups is 2. The number of carboxylic acid groups (broad SMARTS) is 1. The number of carbonyl (C=O) groups excluding carboxylic acids is 1. The maximum atomic E-state index is 11.1. The van der Waals surface area contributed by atoms with Crippen molar-refractivity contribution in [3.05, 3.63) is 0 Å². The average Bonchev–Trinajstić information content (AvgIpc) is 2.21. The van der Waals surface area contributed by atoms with Gasteiger partial charge in [0, 0.05) is 6.54 Å². The highest BCUT2D eigenvalue weighted by atomic mass is 16.4. The molecule has 0 radical (unpaired) electrons. The summed E-state index contributed by atoms with van der Waals surface area (Å²) >= 11 is 0. The Bertz CT molecular complexity index is 299. The monoisotopic (exact) mass is 246 g/mol. The minimum atomic E-state index is -1.24. The van der Waals surface area contributed by atoms with Crippen LogP contribution in [0.4, 0.5) is 0 Å². The van der Waals surface area contributed by atoms with Gasteiger partial charge in [-0.1, -0.05) is 0 Å². The minimum Gasteiger partial charge on any atom is -0.480 e. The quantitative estimate of drug-likeness (QED) is 0.199. The van der Waals surface area contributed by atoms with Gasteiger partial charge in [0.2, 0.25) is 5.91 Å². The van der Waals surface area contributed by atoms with Gasteiger partial charge < -0.3 is 27.0 Å². The van der Waals surface area contributed by atoms with Crippen LogP contribution in [0, 0.1) is 0 Å². The molecule has 0 rings (SSSR count). The predicted octanol–water partition coefficient (Wildman–Crippen LogP) is -2.01. The summed E-state index contributed by atoms with van der Waals surface area (Å²) in [5.74, 6) is -1.95. The zero-order chi connectivity index (χ0) is 13.4. The van der Waals surface area contributed by atoms with Crippen LogP contribution in [0.2, 0.25) is 0 Å². The second-order valence-corrected chi connectivity index (χ2v) is 3.52. The van der Waals surface area contributed by atoms with Crippen molar-refractivity contribution >= 4 is 17.8 Å². The highest BCUT2D eigenvalue weighted by Crippen LogP contribution is 1.99. The molecule has 7 N–H and O–H groups in total. The Hall–Kier alpha value is -1.83. The molecule has 0 saturated carbocycles. The van der Waals surface area contributed by atoms with Crippen molar-refractivity contribution in [3.63, 3.8) is 0 Å². The van der Waals surface area contributed by atoms with Crippen molar-refractivity contribution in [2.24, 2.45) is 16.5 Å². The summed E-state index contributed by atoms with van der Waals surface area (Å²) in [6, 6.07) is -1.05. The van der Waals surface area contributed by atoms with E-state index in [0.717, 1.165) is 0 Å². The van der Waals surface area contributed by atoms with Gasteiger partial charge in [-0.2, -0.15) is 0 Å². The molecule has 0 saturated heterocycles. The zero-order valence-electron chi connectivity index (χ0n) is 9.59. The average molecular weight is 246 g/mol. The van der Waals surface area contributed by atoms with Crippen molar-refractivity contribution in [3.8, 4) is 0 Å². The SMILES string of the molecule is C[C@H](O)C(=O)N[C@@H](CCCN=C(N)N)C(=O)O. The van der Waals surface area contributed by atoms with Crippen molar-refractivity contribution in [2.75, 3.05) is 6.54 Å². The molecule has 0 heterocycles. The fourth-order valence-electron chi connectivity index (χ4n) is 1.05. The van der Waals surface area contributed by atoms with Crippen molar-refractivity contribution in [2.45, 2.75) is 31.9 Å². The van der Waals surface area contributed by atoms with Crippen LogP contribution < -0.4 is 16.8 Å². The van der Waals surface area contributed by atoms with Crippen LogP contribution in [0.1, 0.15) is 19.8 Å². The van der Waals surface area contributed by atoms with E-state index in [9.17, 15) is 9.59 Å². The van der Waals surface area contributed by atoms with Gasteiger partial charge in [0.1, 0.15) is 12.1 Å². The van der Waals surface area contributed by atoms with Gasteiger partial charge in [-0.05, 0) is 19.8 Å².